The maximum Gasteiger partial charge on any atom is 0.196 e. The third kappa shape index (κ3) is 4.23. The van der Waals surface area contributed by atoms with Gasteiger partial charge in [0.25, 0.3) is 0 Å². The van der Waals surface area contributed by atoms with Gasteiger partial charge in [-0.25, -0.2) is 0 Å². The van der Waals surface area contributed by atoms with Crippen molar-refractivity contribution in [3.8, 4) is 0 Å². The summed E-state index contributed by atoms with van der Waals surface area (Å²) in [7, 11) is 0. The Hall–Kier alpha value is -2.57. The monoisotopic (exact) mass is 424 g/mol. The van der Waals surface area contributed by atoms with Gasteiger partial charge >= 0.3 is 0 Å². The molecular formula is C22H21ClN4OS. The molecule has 0 amide bonds. The Kier molecular flexibility index (Phi) is 5.74. The number of ketones is 1. The van der Waals surface area contributed by atoms with Gasteiger partial charge in [-0.1, -0.05) is 41.6 Å². The van der Waals surface area contributed by atoms with Crippen molar-refractivity contribution in [2.75, 3.05) is 5.75 Å². The van der Waals surface area contributed by atoms with Crippen LogP contribution in [0.5, 0.6) is 0 Å². The molecule has 0 spiro atoms. The van der Waals surface area contributed by atoms with Crippen molar-refractivity contribution in [1.82, 2.24) is 19.2 Å². The largest absolute Gasteiger partial charge is 0.348 e. The molecular weight excluding hydrogens is 404 g/mol. The number of carbonyl (C=O) groups is 1. The fourth-order valence-electron chi connectivity index (χ4n) is 3.45. The molecule has 0 atom stereocenters. The number of Topliss-reactive ketones (excluding diaryl/α,β-unsaturated/α-hetero) is 1. The van der Waals surface area contributed by atoms with E-state index >= 15 is 0 Å². The van der Waals surface area contributed by atoms with Crippen molar-refractivity contribution in [2.24, 2.45) is 0 Å². The number of rotatable bonds is 7. The maximum atomic E-state index is 12.9. The van der Waals surface area contributed by atoms with E-state index in [1.807, 2.05) is 73.0 Å². The number of hydrogen-bond acceptors (Lipinski definition) is 4. The average Bonchev–Trinajstić information content (AvgIpc) is 3.26. The highest BCUT2D eigenvalue weighted by atomic mass is 35.5. The standard InChI is InChI=1S/C22H21ClN4OS/c1-15-13-19(16(2)26(15)12-10-17-6-8-18(23)9-7-17)20(28)14-29-22-25-24-21-5-3-4-11-27(21)22/h3-9,11,13H,10,12,14H2,1-2H3. The Bertz CT molecular complexity index is 1160. The van der Waals surface area contributed by atoms with Crippen LogP contribution in [0.4, 0.5) is 0 Å². The molecule has 0 radical (unpaired) electrons. The Labute approximate surface area is 178 Å². The van der Waals surface area contributed by atoms with Gasteiger partial charge in [0.2, 0.25) is 0 Å². The van der Waals surface area contributed by atoms with Crippen LogP contribution in [0.1, 0.15) is 27.3 Å². The molecule has 1 aromatic carbocycles. The molecule has 3 aromatic heterocycles. The van der Waals surface area contributed by atoms with Crippen LogP contribution in [0.2, 0.25) is 5.02 Å². The van der Waals surface area contributed by atoms with E-state index < -0.39 is 0 Å². The summed E-state index contributed by atoms with van der Waals surface area (Å²) in [4.78, 5) is 12.9. The van der Waals surface area contributed by atoms with Crippen molar-refractivity contribution >= 4 is 34.8 Å². The SMILES string of the molecule is Cc1cc(C(=O)CSc2nnc3ccccn23)c(C)n1CCc1ccc(Cl)cc1. The second-order valence-corrected chi connectivity index (χ2v) is 8.32. The Morgan fingerprint density at radius 1 is 1.10 bits per heavy atom. The first-order valence-corrected chi connectivity index (χ1v) is 10.8. The second kappa shape index (κ2) is 8.43. The normalized spacial score (nSPS) is 11.3. The summed E-state index contributed by atoms with van der Waals surface area (Å²) in [5, 5.41) is 9.79. The Balaban J connectivity index is 1.45. The van der Waals surface area contributed by atoms with Crippen LogP contribution < -0.4 is 0 Å². The number of aromatic nitrogens is 4. The molecule has 5 nitrogen and oxygen atoms in total. The van der Waals surface area contributed by atoms with Crippen LogP contribution in [-0.4, -0.2) is 30.7 Å². The zero-order valence-corrected chi connectivity index (χ0v) is 17.9. The minimum Gasteiger partial charge on any atom is -0.348 e. The summed E-state index contributed by atoms with van der Waals surface area (Å²) >= 11 is 7.37. The lowest BCUT2D eigenvalue weighted by molar-refractivity contribution is 0.102. The lowest BCUT2D eigenvalue weighted by Gasteiger charge is -2.10. The summed E-state index contributed by atoms with van der Waals surface area (Å²) in [6.45, 7) is 4.89. The fourth-order valence-corrected chi connectivity index (χ4v) is 4.38. The maximum absolute atomic E-state index is 12.9. The molecule has 0 N–H and O–H groups in total. The fraction of sp³-hybridized carbons (Fsp3) is 0.227. The molecule has 0 aliphatic rings. The molecule has 4 aromatic rings. The molecule has 0 fully saturated rings. The highest BCUT2D eigenvalue weighted by molar-refractivity contribution is 7.99. The van der Waals surface area contributed by atoms with Crippen molar-refractivity contribution < 1.29 is 4.79 Å². The van der Waals surface area contributed by atoms with Gasteiger partial charge in [-0.05, 0) is 56.2 Å². The van der Waals surface area contributed by atoms with Gasteiger partial charge in [0.15, 0.2) is 16.6 Å². The van der Waals surface area contributed by atoms with Crippen LogP contribution in [0.15, 0.2) is 59.9 Å². The lowest BCUT2D eigenvalue weighted by atomic mass is 10.1. The van der Waals surface area contributed by atoms with Crippen LogP contribution >= 0.6 is 23.4 Å². The van der Waals surface area contributed by atoms with E-state index in [4.69, 9.17) is 11.6 Å². The molecule has 0 bridgehead atoms. The van der Waals surface area contributed by atoms with E-state index in [2.05, 4.69) is 14.8 Å². The second-order valence-electron chi connectivity index (χ2n) is 6.94. The first-order valence-electron chi connectivity index (χ1n) is 9.40. The first-order chi connectivity index (χ1) is 14.0. The van der Waals surface area contributed by atoms with Crippen molar-refractivity contribution in [1.29, 1.82) is 0 Å². The molecule has 0 saturated carbocycles. The first kappa shape index (κ1) is 19.7. The average molecular weight is 425 g/mol. The smallest absolute Gasteiger partial charge is 0.196 e. The third-order valence-corrected chi connectivity index (χ3v) is 6.22. The predicted octanol–water partition coefficient (Wildman–Crippen LogP) is 5.02. The van der Waals surface area contributed by atoms with Crippen LogP contribution in [-0.2, 0) is 13.0 Å². The van der Waals surface area contributed by atoms with E-state index in [1.165, 1.54) is 17.3 Å². The molecule has 29 heavy (non-hydrogen) atoms. The number of halogens is 1. The number of nitrogens with zero attached hydrogens (tertiary/aromatic N) is 4. The van der Waals surface area contributed by atoms with Crippen LogP contribution in [0.3, 0.4) is 0 Å². The van der Waals surface area contributed by atoms with Gasteiger partial charge in [-0.3, -0.25) is 9.20 Å². The minimum atomic E-state index is 0.105. The van der Waals surface area contributed by atoms with Crippen LogP contribution in [0.25, 0.3) is 5.65 Å². The summed E-state index contributed by atoms with van der Waals surface area (Å²) < 4.78 is 4.10. The van der Waals surface area contributed by atoms with Crippen molar-refractivity contribution in [3.05, 3.63) is 82.3 Å². The number of fused-ring (bicyclic) bond motifs is 1. The summed E-state index contributed by atoms with van der Waals surface area (Å²) in [6.07, 6.45) is 2.80. The highest BCUT2D eigenvalue weighted by Crippen LogP contribution is 2.22. The summed E-state index contributed by atoms with van der Waals surface area (Å²) in [5.41, 5.74) is 4.89. The predicted molar refractivity (Wildman–Crippen MR) is 117 cm³/mol. The summed E-state index contributed by atoms with van der Waals surface area (Å²) in [5.74, 6) is 0.436. The van der Waals surface area contributed by atoms with Gasteiger partial charge in [0.1, 0.15) is 0 Å². The van der Waals surface area contributed by atoms with E-state index in [-0.39, 0.29) is 5.78 Å². The van der Waals surface area contributed by atoms with Gasteiger partial charge in [-0.2, -0.15) is 0 Å². The quantitative estimate of drug-likeness (QED) is 0.309. The molecule has 3 heterocycles. The molecule has 0 saturated heterocycles. The number of carbonyl (C=O) groups excluding carboxylic acids is 1. The molecule has 0 unspecified atom stereocenters. The lowest BCUT2D eigenvalue weighted by Crippen LogP contribution is -2.08. The zero-order valence-electron chi connectivity index (χ0n) is 16.3. The molecule has 7 heteroatoms. The molecule has 0 aliphatic heterocycles. The zero-order chi connectivity index (χ0) is 20.4. The molecule has 0 aliphatic carbocycles. The van der Waals surface area contributed by atoms with E-state index in [0.29, 0.717) is 5.75 Å². The van der Waals surface area contributed by atoms with E-state index in [1.54, 1.807) is 0 Å². The Morgan fingerprint density at radius 3 is 2.69 bits per heavy atom. The van der Waals surface area contributed by atoms with Gasteiger partial charge in [0, 0.05) is 34.7 Å². The highest BCUT2D eigenvalue weighted by Gasteiger charge is 2.17. The summed E-state index contributed by atoms with van der Waals surface area (Å²) in [6, 6.07) is 15.6. The molecule has 148 valence electrons. The minimum absolute atomic E-state index is 0.105. The van der Waals surface area contributed by atoms with E-state index in [0.717, 1.165) is 45.7 Å². The number of aryl methyl sites for hydroxylation is 2. The van der Waals surface area contributed by atoms with Gasteiger partial charge < -0.3 is 4.57 Å². The van der Waals surface area contributed by atoms with Gasteiger partial charge in [0.05, 0.1) is 5.75 Å². The number of hydrogen-bond donors (Lipinski definition) is 0. The number of thioether (sulfide) groups is 1. The third-order valence-electron chi connectivity index (χ3n) is 5.03. The number of pyridine rings is 1. The van der Waals surface area contributed by atoms with Crippen molar-refractivity contribution in [2.45, 2.75) is 32.0 Å². The van der Waals surface area contributed by atoms with Crippen LogP contribution in [0, 0.1) is 13.8 Å². The number of benzene rings is 1. The topological polar surface area (TPSA) is 52.2 Å². The Morgan fingerprint density at radius 2 is 1.90 bits per heavy atom. The van der Waals surface area contributed by atoms with Gasteiger partial charge in [-0.15, -0.1) is 10.2 Å². The van der Waals surface area contributed by atoms with Crippen molar-refractivity contribution in [3.63, 3.8) is 0 Å². The van der Waals surface area contributed by atoms with E-state index in [9.17, 15) is 4.79 Å². The molecule has 4 rings (SSSR count).